The van der Waals surface area contributed by atoms with E-state index in [4.69, 9.17) is 0 Å². The normalized spacial score (nSPS) is 10.7. The first-order valence-electron chi connectivity index (χ1n) is 4.85. The third kappa shape index (κ3) is 1.31. The molecule has 2 heteroatoms. The van der Waals surface area contributed by atoms with Gasteiger partial charge in [0.2, 0.25) is 0 Å². The van der Waals surface area contributed by atoms with Gasteiger partial charge in [0.15, 0.2) is 0 Å². The van der Waals surface area contributed by atoms with Gasteiger partial charge in [-0.15, -0.1) is 0 Å². The highest BCUT2D eigenvalue weighted by molar-refractivity contribution is 5.94. The molecule has 0 aliphatic carbocycles. The van der Waals surface area contributed by atoms with Crippen LogP contribution in [0.4, 0.5) is 0 Å². The summed E-state index contributed by atoms with van der Waals surface area (Å²) in [5.74, 6) is 0. The van der Waals surface area contributed by atoms with Gasteiger partial charge in [0.05, 0.1) is 11.9 Å². The van der Waals surface area contributed by atoms with Gasteiger partial charge in [-0.2, -0.15) is 0 Å². The van der Waals surface area contributed by atoms with Gasteiger partial charge in [-0.05, 0) is 18.2 Å². The number of aromatic amines is 1. The van der Waals surface area contributed by atoms with Gasteiger partial charge in [-0.3, -0.25) is 4.98 Å². The molecule has 0 amide bonds. The van der Waals surface area contributed by atoms with E-state index in [9.17, 15) is 0 Å². The van der Waals surface area contributed by atoms with Crippen molar-refractivity contribution < 1.29 is 0 Å². The van der Waals surface area contributed by atoms with E-state index < -0.39 is 0 Å². The smallest absolute Gasteiger partial charge is 0.0733 e. The quantitative estimate of drug-likeness (QED) is 0.632. The molecule has 1 aromatic carbocycles. The Morgan fingerprint density at radius 3 is 2.73 bits per heavy atom. The number of hydrogen-bond acceptors (Lipinski definition) is 1. The van der Waals surface area contributed by atoms with Crippen LogP contribution < -0.4 is 0 Å². The predicted octanol–water partition coefficient (Wildman–Crippen LogP) is 3.03. The van der Waals surface area contributed by atoms with Crippen molar-refractivity contribution in [1.82, 2.24) is 9.97 Å². The minimum Gasteiger partial charge on any atom is -0.353 e. The minimum atomic E-state index is 0.954. The van der Waals surface area contributed by atoms with Gasteiger partial charge in [-0.1, -0.05) is 24.3 Å². The van der Waals surface area contributed by atoms with E-state index >= 15 is 0 Å². The first kappa shape index (κ1) is 8.24. The van der Waals surface area contributed by atoms with Gasteiger partial charge in [0.25, 0.3) is 0 Å². The number of hydrogen-bond donors (Lipinski definition) is 1. The summed E-state index contributed by atoms with van der Waals surface area (Å²) in [5.41, 5.74) is 3.08. The molecule has 2 heterocycles. The monoisotopic (exact) mass is 193 g/mol. The zero-order valence-electron chi connectivity index (χ0n) is 8.07. The molecule has 0 spiro atoms. The number of para-hydroxylation sites is 1. The Hall–Kier alpha value is -2.09. The molecule has 3 rings (SSSR count). The van der Waals surface area contributed by atoms with Crippen molar-refractivity contribution >= 4 is 10.9 Å². The van der Waals surface area contributed by atoms with Crippen molar-refractivity contribution in [3.05, 3.63) is 54.9 Å². The second kappa shape index (κ2) is 3.24. The van der Waals surface area contributed by atoms with Crippen LogP contribution in [0.2, 0.25) is 0 Å². The highest BCUT2D eigenvalue weighted by atomic mass is 14.7. The molecule has 0 saturated carbocycles. The summed E-state index contributed by atoms with van der Waals surface area (Å²) in [7, 11) is 0. The van der Waals surface area contributed by atoms with Crippen molar-refractivity contribution in [2.24, 2.45) is 0 Å². The Bertz CT molecular complexity index is 582. The highest BCUT2D eigenvalue weighted by Crippen LogP contribution is 2.25. The number of H-pyrrole nitrogens is 1. The van der Waals surface area contributed by atoms with E-state index in [0.717, 1.165) is 22.2 Å². The fourth-order valence-electron chi connectivity index (χ4n) is 1.72. The lowest BCUT2D eigenvalue weighted by Gasteiger charge is -1.96. The van der Waals surface area contributed by atoms with Gasteiger partial charge in [0.1, 0.15) is 0 Å². The summed E-state index contributed by atoms with van der Waals surface area (Å²) in [6, 6.07) is 14.0. The third-order valence-electron chi connectivity index (χ3n) is 2.44. The second-order valence-electron chi connectivity index (χ2n) is 3.39. The van der Waals surface area contributed by atoms with Crippen molar-refractivity contribution in [2.75, 3.05) is 0 Å². The summed E-state index contributed by atoms with van der Waals surface area (Å²) in [4.78, 5) is 7.44. The molecular weight excluding hydrogens is 184 g/mol. The molecule has 3 aromatic rings. The van der Waals surface area contributed by atoms with Crippen LogP contribution in [0.1, 0.15) is 0 Å². The summed E-state index contributed by atoms with van der Waals surface area (Å²) >= 11 is 0. The topological polar surface area (TPSA) is 28.7 Å². The Morgan fingerprint density at radius 2 is 1.87 bits per heavy atom. The van der Waals surface area contributed by atoms with E-state index in [1.54, 1.807) is 6.20 Å². The van der Waals surface area contributed by atoms with Crippen LogP contribution in [0.5, 0.6) is 0 Å². The Kier molecular flexibility index (Phi) is 1.78. The van der Waals surface area contributed by atoms with Crippen molar-refractivity contribution in [2.45, 2.75) is 0 Å². The first-order chi connectivity index (χ1) is 7.45. The highest BCUT2D eigenvalue weighted by Gasteiger charge is 2.05. The van der Waals surface area contributed by atoms with E-state index in [1.165, 1.54) is 0 Å². The molecule has 2 aromatic heterocycles. The van der Waals surface area contributed by atoms with Crippen LogP contribution in [0.15, 0.2) is 48.7 Å². The van der Waals surface area contributed by atoms with Crippen LogP contribution in [0.3, 0.4) is 0 Å². The van der Waals surface area contributed by atoms with E-state index in [-0.39, 0.29) is 0 Å². The lowest BCUT2D eigenvalue weighted by Crippen LogP contribution is -1.79. The molecule has 0 unspecified atom stereocenters. The van der Waals surface area contributed by atoms with E-state index in [2.05, 4.69) is 22.2 Å². The van der Waals surface area contributed by atoms with Crippen LogP contribution in [0, 0.1) is 6.20 Å². The average Bonchev–Trinajstić information content (AvgIpc) is 2.74. The lowest BCUT2D eigenvalue weighted by molar-refractivity contribution is 1.32. The predicted molar refractivity (Wildman–Crippen MR) is 60.4 cm³/mol. The zero-order valence-corrected chi connectivity index (χ0v) is 8.07. The molecular formula is C13H9N2. The largest absolute Gasteiger partial charge is 0.353 e. The third-order valence-corrected chi connectivity index (χ3v) is 2.44. The fraction of sp³-hybridized carbons (Fsp3) is 0. The minimum absolute atomic E-state index is 0.954. The average molecular weight is 193 g/mol. The molecule has 0 aliphatic heterocycles. The SMILES string of the molecule is [c]1[nH]c2ccccc2c1-c1ccccn1. The maximum Gasteiger partial charge on any atom is 0.0733 e. The fourth-order valence-corrected chi connectivity index (χ4v) is 1.72. The summed E-state index contributed by atoms with van der Waals surface area (Å²) in [6.07, 6.45) is 4.94. The Morgan fingerprint density at radius 1 is 1.00 bits per heavy atom. The van der Waals surface area contributed by atoms with E-state index in [1.807, 2.05) is 36.4 Å². The van der Waals surface area contributed by atoms with Gasteiger partial charge in [0, 0.05) is 22.7 Å². The summed E-state index contributed by atoms with van der Waals surface area (Å²) in [6.45, 7) is 0. The van der Waals surface area contributed by atoms with Gasteiger partial charge in [-0.25, -0.2) is 0 Å². The molecule has 1 radical (unpaired) electrons. The number of rotatable bonds is 1. The molecule has 0 atom stereocenters. The number of aromatic nitrogens is 2. The summed E-state index contributed by atoms with van der Waals surface area (Å²) < 4.78 is 0. The first-order valence-corrected chi connectivity index (χ1v) is 4.85. The number of nitrogens with zero attached hydrogens (tertiary/aromatic N) is 1. The van der Waals surface area contributed by atoms with Crippen LogP contribution in [-0.2, 0) is 0 Å². The molecule has 0 fully saturated rings. The lowest BCUT2D eigenvalue weighted by atomic mass is 10.1. The van der Waals surface area contributed by atoms with Gasteiger partial charge < -0.3 is 4.98 Å². The molecule has 2 nitrogen and oxygen atoms in total. The number of benzene rings is 1. The van der Waals surface area contributed by atoms with Crippen LogP contribution >= 0.6 is 0 Å². The molecule has 0 saturated heterocycles. The maximum absolute atomic E-state index is 4.32. The van der Waals surface area contributed by atoms with Crippen molar-refractivity contribution in [3.63, 3.8) is 0 Å². The van der Waals surface area contributed by atoms with Gasteiger partial charge >= 0.3 is 0 Å². The zero-order chi connectivity index (χ0) is 10.1. The number of fused-ring (bicyclic) bond motifs is 1. The standard InChI is InChI=1S/C13H9N2/c1-2-6-12-10(5-1)11(9-15-12)13-7-3-4-8-14-13/h1-8,15H. The second-order valence-corrected chi connectivity index (χ2v) is 3.39. The Balaban J connectivity index is 2.28. The molecule has 0 bridgehead atoms. The molecule has 71 valence electrons. The molecule has 0 aliphatic rings. The molecule has 1 N–H and O–H groups in total. The number of nitrogens with one attached hydrogen (secondary N) is 1. The van der Waals surface area contributed by atoms with Crippen molar-refractivity contribution in [1.29, 1.82) is 0 Å². The maximum atomic E-state index is 4.32. The summed E-state index contributed by atoms with van der Waals surface area (Å²) in [5, 5.41) is 1.16. The van der Waals surface area contributed by atoms with E-state index in [0.29, 0.717) is 0 Å². The Labute approximate surface area is 87.6 Å². The molecule has 15 heavy (non-hydrogen) atoms. The number of pyridine rings is 1. The van der Waals surface area contributed by atoms with Crippen LogP contribution in [0.25, 0.3) is 22.2 Å². The van der Waals surface area contributed by atoms with Crippen molar-refractivity contribution in [3.8, 4) is 11.3 Å². The van der Waals surface area contributed by atoms with Crippen LogP contribution in [-0.4, -0.2) is 9.97 Å².